The minimum absolute atomic E-state index is 0.0255. The zero-order valence-electron chi connectivity index (χ0n) is 41.2. The van der Waals surface area contributed by atoms with Crippen molar-refractivity contribution in [2.75, 3.05) is 41.0 Å². The second kappa shape index (κ2) is 45.3. The first-order valence-electron chi connectivity index (χ1n) is 25.5. The van der Waals surface area contributed by atoms with Crippen LogP contribution in [0.4, 0.5) is 0 Å². The maximum Gasteiger partial charge on any atom is 0.306 e. The summed E-state index contributed by atoms with van der Waals surface area (Å²) in [5, 5.41) is 11.7. The van der Waals surface area contributed by atoms with Crippen molar-refractivity contribution in [3.05, 3.63) is 72.9 Å². The third-order valence-corrected chi connectivity index (χ3v) is 11.1. The lowest BCUT2D eigenvalue weighted by Crippen LogP contribution is -2.55. The highest BCUT2D eigenvalue weighted by Gasteiger charge is 2.25. The summed E-state index contributed by atoms with van der Waals surface area (Å²) >= 11 is 0. The zero-order chi connectivity index (χ0) is 46.3. The van der Waals surface area contributed by atoms with Gasteiger partial charge in [0.15, 0.2) is 6.10 Å². The smallest absolute Gasteiger partial charge is 0.306 e. The minimum atomic E-state index is -1.13. The molecule has 0 bridgehead atoms. The molecule has 0 aromatic rings. The number of likely N-dealkylation sites (N-methyl/N-ethyl adjacent to an activating group) is 1. The molecule has 0 aromatic heterocycles. The summed E-state index contributed by atoms with van der Waals surface area (Å²) < 4.78 is 17.2. The number of aliphatic carboxylic acids is 1. The van der Waals surface area contributed by atoms with Gasteiger partial charge in [-0.25, -0.2) is 0 Å². The van der Waals surface area contributed by atoms with Crippen molar-refractivity contribution in [3.8, 4) is 0 Å². The lowest BCUT2D eigenvalue weighted by Gasteiger charge is -2.34. The molecule has 0 aliphatic rings. The number of hydrogen-bond acceptors (Lipinski definition) is 7. The molecular formula is C55H95NO7. The number of esters is 2. The van der Waals surface area contributed by atoms with E-state index in [0.717, 1.165) is 77.0 Å². The van der Waals surface area contributed by atoms with Crippen LogP contribution in [0.3, 0.4) is 0 Å². The molecule has 0 fully saturated rings. The summed E-state index contributed by atoms with van der Waals surface area (Å²) in [4.78, 5) is 37.0. The second-order valence-corrected chi connectivity index (χ2v) is 18.0. The number of rotatable bonds is 45. The molecule has 8 nitrogen and oxygen atoms in total. The van der Waals surface area contributed by atoms with Crippen molar-refractivity contribution in [1.82, 2.24) is 0 Å². The largest absolute Gasteiger partial charge is 0.544 e. The quantitative estimate of drug-likeness (QED) is 0.0260. The summed E-state index contributed by atoms with van der Waals surface area (Å²) in [5.74, 6) is -1.78. The Hall–Kier alpha value is -3.23. The first kappa shape index (κ1) is 59.8. The highest BCUT2D eigenvalue weighted by atomic mass is 16.6. The summed E-state index contributed by atoms with van der Waals surface area (Å²) in [6.07, 6.45) is 57.9. The fourth-order valence-electron chi connectivity index (χ4n) is 7.19. The van der Waals surface area contributed by atoms with Gasteiger partial charge in [0.1, 0.15) is 12.6 Å². The van der Waals surface area contributed by atoms with E-state index in [-0.39, 0.29) is 49.1 Å². The van der Waals surface area contributed by atoms with Gasteiger partial charge in [-0.05, 0) is 64.2 Å². The van der Waals surface area contributed by atoms with Crippen LogP contribution in [-0.4, -0.2) is 75.5 Å². The zero-order valence-corrected chi connectivity index (χ0v) is 41.2. The topological polar surface area (TPSA) is 102 Å². The monoisotopic (exact) mass is 882 g/mol. The summed E-state index contributed by atoms with van der Waals surface area (Å²) in [6, 6.07) is -0.735. The molecular weight excluding hydrogens is 787 g/mol. The molecule has 0 saturated carbocycles. The van der Waals surface area contributed by atoms with E-state index in [2.05, 4.69) is 86.8 Å². The van der Waals surface area contributed by atoms with Crippen LogP contribution >= 0.6 is 0 Å². The standard InChI is InChI=1S/C55H95NO7/c1-6-8-10-12-14-16-18-20-22-24-25-26-27-28-30-32-34-36-38-40-42-44-46-54(58)63-51(49-61-48-47-52(55(59)60)56(3,4)5)50-62-53(57)45-43-41-39-37-35-33-31-29-23-21-19-17-15-13-11-9-7-2/h8,10,14,16,20,22,25-26,28,30,34,36,51-52H,6-7,9,11-13,15,17-19,21,23-24,27,29,31-33,35,37-50H2,1-5H3/b10-8+,16-14+,22-20+,26-25+,30-28+,36-34+. The first-order valence-corrected chi connectivity index (χ1v) is 25.5. The van der Waals surface area contributed by atoms with Gasteiger partial charge in [0.2, 0.25) is 0 Å². The van der Waals surface area contributed by atoms with Gasteiger partial charge in [-0.2, -0.15) is 0 Å². The molecule has 0 radical (unpaired) electrons. The number of carbonyl (C=O) groups excluding carboxylic acids is 3. The normalized spacial score (nSPS) is 13.5. The summed E-state index contributed by atoms with van der Waals surface area (Å²) in [7, 11) is 5.40. The lowest BCUT2D eigenvalue weighted by atomic mass is 10.0. The SMILES string of the molecule is CC/C=C/C/C=C/C/C=C/C/C=C/C/C=C/C/C=C/CCCCCC(=O)OC(COCCC(C(=O)[O-])[N+](C)(C)C)COC(=O)CCCCCCCCCCCCCCCCCCC. The summed E-state index contributed by atoms with van der Waals surface area (Å²) in [5.41, 5.74) is 0. The highest BCUT2D eigenvalue weighted by Crippen LogP contribution is 2.15. The van der Waals surface area contributed by atoms with Crippen LogP contribution in [0.5, 0.6) is 0 Å². The maximum absolute atomic E-state index is 12.8. The number of allylic oxidation sites excluding steroid dienone is 12. The number of ether oxygens (including phenoxy) is 3. The number of carboxylic acids is 1. The molecule has 8 heteroatoms. The van der Waals surface area contributed by atoms with Crippen molar-refractivity contribution in [2.24, 2.45) is 0 Å². The number of nitrogens with zero attached hydrogens (tertiary/aromatic N) is 1. The van der Waals surface area contributed by atoms with Crippen molar-refractivity contribution in [2.45, 2.75) is 219 Å². The molecule has 0 amide bonds. The van der Waals surface area contributed by atoms with Crippen molar-refractivity contribution < 1.29 is 38.2 Å². The second-order valence-electron chi connectivity index (χ2n) is 18.0. The van der Waals surface area contributed by atoms with Crippen LogP contribution in [0.25, 0.3) is 0 Å². The molecule has 2 unspecified atom stereocenters. The average Bonchev–Trinajstić information content (AvgIpc) is 3.24. The molecule has 362 valence electrons. The molecule has 0 spiro atoms. The number of quaternary nitrogens is 1. The van der Waals surface area contributed by atoms with Gasteiger partial charge < -0.3 is 28.6 Å². The molecule has 0 aliphatic heterocycles. The van der Waals surface area contributed by atoms with Crippen LogP contribution in [0.15, 0.2) is 72.9 Å². The molecule has 63 heavy (non-hydrogen) atoms. The molecule has 0 N–H and O–H groups in total. The molecule has 0 aromatic carbocycles. The predicted octanol–water partition coefficient (Wildman–Crippen LogP) is 13.4. The third kappa shape index (κ3) is 43.8. The molecule has 0 rings (SSSR count). The summed E-state index contributed by atoms with van der Waals surface area (Å²) in [6.45, 7) is 4.53. The Kier molecular flexibility index (Phi) is 43.0. The predicted molar refractivity (Wildman–Crippen MR) is 263 cm³/mol. The number of carboxylic acid groups (broad SMARTS) is 1. The van der Waals surface area contributed by atoms with E-state index in [4.69, 9.17) is 14.2 Å². The van der Waals surface area contributed by atoms with Crippen molar-refractivity contribution >= 4 is 17.9 Å². The lowest BCUT2D eigenvalue weighted by molar-refractivity contribution is -0.889. The highest BCUT2D eigenvalue weighted by molar-refractivity contribution is 5.70. The average molecular weight is 882 g/mol. The van der Waals surface area contributed by atoms with Gasteiger partial charge >= 0.3 is 11.9 Å². The molecule has 0 heterocycles. The minimum Gasteiger partial charge on any atom is -0.544 e. The number of unbranched alkanes of at least 4 members (excludes halogenated alkanes) is 19. The Labute approximate surface area is 387 Å². The number of carbonyl (C=O) groups is 3. The molecule has 0 aliphatic carbocycles. The van der Waals surface area contributed by atoms with E-state index in [9.17, 15) is 19.5 Å². The van der Waals surface area contributed by atoms with Gasteiger partial charge in [0.05, 0.1) is 40.3 Å². The fourth-order valence-corrected chi connectivity index (χ4v) is 7.19. The number of hydrogen-bond donors (Lipinski definition) is 0. The van der Waals surface area contributed by atoms with Crippen LogP contribution < -0.4 is 5.11 Å². The van der Waals surface area contributed by atoms with Crippen LogP contribution in [0, 0.1) is 0 Å². The van der Waals surface area contributed by atoms with Crippen LogP contribution in [0.2, 0.25) is 0 Å². The van der Waals surface area contributed by atoms with Crippen molar-refractivity contribution in [1.29, 1.82) is 0 Å². The molecule has 2 atom stereocenters. The van der Waals surface area contributed by atoms with Gasteiger partial charge in [-0.15, -0.1) is 0 Å². The molecule has 0 saturated heterocycles. The fraction of sp³-hybridized carbons (Fsp3) is 0.727. The van der Waals surface area contributed by atoms with Crippen molar-refractivity contribution in [3.63, 3.8) is 0 Å². The Morgan fingerprint density at radius 2 is 0.889 bits per heavy atom. The Balaban J connectivity index is 4.33. The van der Waals surface area contributed by atoms with E-state index >= 15 is 0 Å². The van der Waals surface area contributed by atoms with E-state index in [1.165, 1.54) is 89.9 Å². The van der Waals surface area contributed by atoms with E-state index in [1.54, 1.807) is 21.1 Å². The van der Waals surface area contributed by atoms with Crippen LogP contribution in [0.1, 0.15) is 206 Å². The van der Waals surface area contributed by atoms with E-state index in [1.807, 2.05) is 0 Å². The van der Waals surface area contributed by atoms with E-state index in [0.29, 0.717) is 12.8 Å². The van der Waals surface area contributed by atoms with Gasteiger partial charge in [0.25, 0.3) is 0 Å². The van der Waals surface area contributed by atoms with Gasteiger partial charge in [-0.1, -0.05) is 196 Å². The Bertz CT molecular complexity index is 1260. The van der Waals surface area contributed by atoms with E-state index < -0.39 is 18.1 Å². The van der Waals surface area contributed by atoms with Gasteiger partial charge in [-0.3, -0.25) is 9.59 Å². The van der Waals surface area contributed by atoms with Crippen LogP contribution in [-0.2, 0) is 28.6 Å². The Morgan fingerprint density at radius 3 is 1.32 bits per heavy atom. The first-order chi connectivity index (χ1) is 30.6. The maximum atomic E-state index is 12.8. The third-order valence-electron chi connectivity index (χ3n) is 11.1. The Morgan fingerprint density at radius 1 is 0.492 bits per heavy atom. The van der Waals surface area contributed by atoms with Gasteiger partial charge in [0, 0.05) is 19.3 Å².